The van der Waals surface area contributed by atoms with Crippen LogP contribution in [0.2, 0.25) is 0 Å². The third-order valence-corrected chi connectivity index (χ3v) is 4.64. The Balaban J connectivity index is 1.86. The lowest BCUT2D eigenvalue weighted by atomic mass is 9.98. The maximum absolute atomic E-state index is 12.2. The van der Waals surface area contributed by atoms with Crippen molar-refractivity contribution < 1.29 is 19.4 Å². The largest absolute Gasteiger partial charge is 0.481 e. The Morgan fingerprint density at radius 1 is 1.25 bits per heavy atom. The maximum Gasteiger partial charge on any atom is 0.310 e. The first-order valence-electron chi connectivity index (χ1n) is 7.52. The van der Waals surface area contributed by atoms with E-state index in [4.69, 9.17) is 9.84 Å². The molecule has 2 atom stereocenters. The van der Waals surface area contributed by atoms with Crippen LogP contribution < -0.4 is 0 Å². The number of esters is 1. The van der Waals surface area contributed by atoms with Gasteiger partial charge in [-0.1, -0.05) is 32.4 Å². The molecule has 112 valence electrons. The van der Waals surface area contributed by atoms with E-state index in [1.54, 1.807) is 6.08 Å². The minimum absolute atomic E-state index is 0.0109. The van der Waals surface area contributed by atoms with Gasteiger partial charge in [-0.05, 0) is 37.0 Å². The van der Waals surface area contributed by atoms with Crippen LogP contribution >= 0.6 is 0 Å². The summed E-state index contributed by atoms with van der Waals surface area (Å²) in [6, 6.07) is 0. The minimum Gasteiger partial charge on any atom is -0.481 e. The third kappa shape index (κ3) is 3.41. The highest BCUT2D eigenvalue weighted by molar-refractivity contribution is 5.78. The monoisotopic (exact) mass is 280 g/mol. The van der Waals surface area contributed by atoms with E-state index < -0.39 is 5.97 Å². The zero-order chi connectivity index (χ0) is 14.8. The molecule has 0 aromatic carbocycles. The van der Waals surface area contributed by atoms with E-state index in [1.165, 1.54) is 6.42 Å². The first-order chi connectivity index (χ1) is 9.43. The molecular weight excluding hydrogens is 256 g/mol. The van der Waals surface area contributed by atoms with Crippen LogP contribution in [0, 0.1) is 17.3 Å². The highest BCUT2D eigenvalue weighted by atomic mass is 16.5. The predicted octanol–water partition coefficient (Wildman–Crippen LogP) is 3.17. The van der Waals surface area contributed by atoms with Crippen LogP contribution in [-0.2, 0) is 14.3 Å². The second-order valence-corrected chi connectivity index (χ2v) is 6.55. The highest BCUT2D eigenvalue weighted by Crippen LogP contribution is 2.59. The second kappa shape index (κ2) is 5.98. The molecule has 0 aromatic heterocycles. The van der Waals surface area contributed by atoms with Crippen LogP contribution in [0.25, 0.3) is 0 Å². The molecule has 0 radical (unpaired) electrons. The number of carboxylic acids is 1. The van der Waals surface area contributed by atoms with Gasteiger partial charge in [-0.3, -0.25) is 9.59 Å². The smallest absolute Gasteiger partial charge is 0.310 e. The van der Waals surface area contributed by atoms with Gasteiger partial charge >= 0.3 is 11.9 Å². The highest BCUT2D eigenvalue weighted by Gasteiger charge is 2.61. The molecule has 2 saturated carbocycles. The molecule has 4 nitrogen and oxygen atoms in total. The average Bonchev–Trinajstić information content (AvgIpc) is 2.92. The van der Waals surface area contributed by atoms with Crippen molar-refractivity contribution in [1.29, 1.82) is 0 Å². The first kappa shape index (κ1) is 15.1. The van der Waals surface area contributed by atoms with Gasteiger partial charge in [0, 0.05) is 0 Å². The number of aliphatic carboxylic acids is 1. The Bertz CT molecular complexity index is 405. The van der Waals surface area contributed by atoms with Gasteiger partial charge in [0.25, 0.3) is 0 Å². The number of hydrogen-bond acceptors (Lipinski definition) is 3. The van der Waals surface area contributed by atoms with E-state index in [-0.39, 0.29) is 35.7 Å². The fraction of sp³-hybridized carbons (Fsp3) is 0.750. The number of carbonyl (C=O) groups is 2. The molecule has 0 bridgehead atoms. The number of carbonyl (C=O) groups excluding carboxylic acids is 1. The normalized spacial score (nSPS) is 29.3. The fourth-order valence-electron chi connectivity index (χ4n) is 3.22. The van der Waals surface area contributed by atoms with Crippen molar-refractivity contribution in [3.05, 3.63) is 12.2 Å². The van der Waals surface area contributed by atoms with Gasteiger partial charge in [-0.15, -0.1) is 0 Å². The lowest BCUT2D eigenvalue weighted by Crippen LogP contribution is -2.23. The van der Waals surface area contributed by atoms with E-state index >= 15 is 0 Å². The van der Waals surface area contributed by atoms with E-state index in [2.05, 4.69) is 0 Å². The Hall–Kier alpha value is -1.32. The SMILES string of the molecule is CC1(C)C(/C=C/CC(=O)O)C1C(=O)OC1CCCCC1. The fourth-order valence-corrected chi connectivity index (χ4v) is 3.22. The van der Waals surface area contributed by atoms with Crippen molar-refractivity contribution in [2.45, 2.75) is 58.5 Å². The van der Waals surface area contributed by atoms with Gasteiger partial charge in [0.2, 0.25) is 0 Å². The van der Waals surface area contributed by atoms with Gasteiger partial charge in [0.15, 0.2) is 0 Å². The van der Waals surface area contributed by atoms with Gasteiger partial charge in [-0.25, -0.2) is 0 Å². The van der Waals surface area contributed by atoms with E-state index in [0.717, 1.165) is 25.7 Å². The van der Waals surface area contributed by atoms with Gasteiger partial charge < -0.3 is 9.84 Å². The molecule has 0 saturated heterocycles. The molecule has 2 aliphatic carbocycles. The summed E-state index contributed by atoms with van der Waals surface area (Å²) in [5.74, 6) is -0.958. The molecule has 1 N–H and O–H groups in total. The summed E-state index contributed by atoms with van der Waals surface area (Å²) in [6.07, 6.45) is 9.11. The molecule has 0 spiro atoms. The van der Waals surface area contributed by atoms with E-state index in [0.29, 0.717) is 0 Å². The Labute approximate surface area is 120 Å². The van der Waals surface area contributed by atoms with Crippen molar-refractivity contribution in [3.8, 4) is 0 Å². The van der Waals surface area contributed by atoms with Crippen molar-refractivity contribution >= 4 is 11.9 Å². The van der Waals surface area contributed by atoms with Crippen molar-refractivity contribution in [2.24, 2.45) is 17.3 Å². The van der Waals surface area contributed by atoms with Gasteiger partial charge in [0.05, 0.1) is 12.3 Å². The molecule has 0 heterocycles. The molecule has 4 heteroatoms. The first-order valence-corrected chi connectivity index (χ1v) is 7.52. The molecule has 20 heavy (non-hydrogen) atoms. The summed E-state index contributed by atoms with van der Waals surface area (Å²) in [5, 5.41) is 8.63. The molecule has 0 aliphatic heterocycles. The van der Waals surface area contributed by atoms with Gasteiger partial charge in [0.1, 0.15) is 6.10 Å². The predicted molar refractivity (Wildman–Crippen MR) is 75.1 cm³/mol. The summed E-state index contributed by atoms with van der Waals surface area (Å²) in [5.41, 5.74) is -0.110. The van der Waals surface area contributed by atoms with Crippen molar-refractivity contribution in [3.63, 3.8) is 0 Å². The lowest BCUT2D eigenvalue weighted by Gasteiger charge is -2.22. The standard InChI is InChI=1S/C16H24O4/c1-16(2)12(9-6-10-13(17)18)14(16)15(19)20-11-7-4-3-5-8-11/h6,9,11-12,14H,3-5,7-8,10H2,1-2H3,(H,17,18)/b9-6+. The number of hydrogen-bond donors (Lipinski definition) is 1. The lowest BCUT2D eigenvalue weighted by molar-refractivity contribution is -0.153. The van der Waals surface area contributed by atoms with Crippen LogP contribution in [0.1, 0.15) is 52.4 Å². The Morgan fingerprint density at radius 2 is 1.90 bits per heavy atom. The minimum atomic E-state index is -0.846. The topological polar surface area (TPSA) is 63.6 Å². The quantitative estimate of drug-likeness (QED) is 0.620. The van der Waals surface area contributed by atoms with E-state index in [9.17, 15) is 9.59 Å². The van der Waals surface area contributed by atoms with E-state index in [1.807, 2.05) is 19.9 Å². The summed E-state index contributed by atoms with van der Waals surface area (Å²) in [6.45, 7) is 4.07. The number of allylic oxidation sites excluding steroid dienone is 1. The Kier molecular flexibility index (Phi) is 4.51. The number of rotatable bonds is 5. The summed E-state index contributed by atoms with van der Waals surface area (Å²) < 4.78 is 5.62. The molecule has 0 aromatic rings. The molecule has 2 unspecified atom stereocenters. The number of carboxylic acid groups (broad SMARTS) is 1. The molecule has 2 rings (SSSR count). The average molecular weight is 280 g/mol. The Morgan fingerprint density at radius 3 is 2.50 bits per heavy atom. The zero-order valence-electron chi connectivity index (χ0n) is 12.3. The van der Waals surface area contributed by atoms with Crippen LogP contribution in [0.3, 0.4) is 0 Å². The maximum atomic E-state index is 12.2. The van der Waals surface area contributed by atoms with Crippen LogP contribution in [0.15, 0.2) is 12.2 Å². The summed E-state index contributed by atoms with van der Waals surface area (Å²) in [7, 11) is 0. The molecule has 0 amide bonds. The summed E-state index contributed by atoms with van der Waals surface area (Å²) >= 11 is 0. The number of ether oxygens (including phenoxy) is 1. The van der Waals surface area contributed by atoms with Crippen molar-refractivity contribution in [2.75, 3.05) is 0 Å². The summed E-state index contributed by atoms with van der Waals surface area (Å²) in [4.78, 5) is 22.7. The van der Waals surface area contributed by atoms with Crippen LogP contribution in [-0.4, -0.2) is 23.1 Å². The zero-order valence-corrected chi connectivity index (χ0v) is 12.3. The molecule has 2 fully saturated rings. The second-order valence-electron chi connectivity index (χ2n) is 6.55. The third-order valence-electron chi connectivity index (χ3n) is 4.64. The molecule has 2 aliphatic rings. The van der Waals surface area contributed by atoms with Crippen molar-refractivity contribution in [1.82, 2.24) is 0 Å². The van der Waals surface area contributed by atoms with Gasteiger partial charge in [-0.2, -0.15) is 0 Å². The molecular formula is C16H24O4. The van der Waals surface area contributed by atoms with Crippen LogP contribution in [0.5, 0.6) is 0 Å². The van der Waals surface area contributed by atoms with Crippen LogP contribution in [0.4, 0.5) is 0 Å².